The lowest BCUT2D eigenvalue weighted by Crippen LogP contribution is -2.21. The SMILES string of the molecule is CN(C=O)CCOCc1ccc(O)cc1. The minimum absolute atomic E-state index is 0.249. The Morgan fingerprint density at radius 1 is 1.40 bits per heavy atom. The van der Waals surface area contributed by atoms with Crippen molar-refractivity contribution >= 4 is 6.41 Å². The van der Waals surface area contributed by atoms with Crippen LogP contribution in [0.25, 0.3) is 0 Å². The van der Waals surface area contributed by atoms with E-state index in [0.29, 0.717) is 19.8 Å². The quantitative estimate of drug-likeness (QED) is 0.561. The van der Waals surface area contributed by atoms with Crippen molar-refractivity contribution in [3.8, 4) is 5.75 Å². The van der Waals surface area contributed by atoms with Gasteiger partial charge in [0.15, 0.2) is 0 Å². The molecule has 0 aliphatic heterocycles. The van der Waals surface area contributed by atoms with Gasteiger partial charge >= 0.3 is 0 Å². The molecule has 0 spiro atoms. The lowest BCUT2D eigenvalue weighted by molar-refractivity contribution is -0.117. The first-order valence-corrected chi connectivity index (χ1v) is 4.73. The van der Waals surface area contributed by atoms with E-state index < -0.39 is 0 Å². The Bertz CT molecular complexity index is 297. The predicted octanol–water partition coefficient (Wildman–Crippen LogP) is 0.997. The van der Waals surface area contributed by atoms with Crippen LogP contribution in [-0.4, -0.2) is 36.6 Å². The third-order valence-electron chi connectivity index (χ3n) is 1.97. The smallest absolute Gasteiger partial charge is 0.209 e. The summed E-state index contributed by atoms with van der Waals surface area (Å²) in [4.78, 5) is 11.8. The van der Waals surface area contributed by atoms with E-state index in [0.717, 1.165) is 12.0 Å². The van der Waals surface area contributed by atoms with Gasteiger partial charge in [-0.1, -0.05) is 12.1 Å². The zero-order valence-corrected chi connectivity index (χ0v) is 8.72. The molecule has 1 aromatic rings. The number of likely N-dealkylation sites (N-methyl/N-ethyl adjacent to an activating group) is 1. The molecule has 0 aliphatic carbocycles. The molecular formula is C11H15NO3. The number of phenols is 1. The molecule has 0 heterocycles. The Morgan fingerprint density at radius 2 is 2.07 bits per heavy atom. The van der Waals surface area contributed by atoms with E-state index in [9.17, 15) is 4.79 Å². The van der Waals surface area contributed by atoms with Gasteiger partial charge in [-0.15, -0.1) is 0 Å². The Morgan fingerprint density at radius 3 is 2.67 bits per heavy atom. The van der Waals surface area contributed by atoms with Gasteiger partial charge in [0.05, 0.1) is 13.2 Å². The normalized spacial score (nSPS) is 9.93. The predicted molar refractivity (Wildman–Crippen MR) is 56.5 cm³/mol. The third-order valence-corrected chi connectivity index (χ3v) is 1.97. The number of hydrogen-bond acceptors (Lipinski definition) is 3. The van der Waals surface area contributed by atoms with Crippen LogP contribution < -0.4 is 0 Å². The van der Waals surface area contributed by atoms with Gasteiger partial charge < -0.3 is 14.7 Å². The maximum Gasteiger partial charge on any atom is 0.209 e. The van der Waals surface area contributed by atoms with E-state index in [-0.39, 0.29) is 5.75 Å². The topological polar surface area (TPSA) is 49.8 Å². The Balaban J connectivity index is 2.20. The molecule has 0 fully saturated rings. The molecule has 0 bridgehead atoms. The highest BCUT2D eigenvalue weighted by molar-refractivity contribution is 5.46. The van der Waals surface area contributed by atoms with Crippen molar-refractivity contribution in [1.29, 1.82) is 0 Å². The van der Waals surface area contributed by atoms with Crippen molar-refractivity contribution in [1.82, 2.24) is 4.90 Å². The summed E-state index contributed by atoms with van der Waals surface area (Å²) < 4.78 is 5.35. The van der Waals surface area contributed by atoms with Gasteiger partial charge in [-0.25, -0.2) is 0 Å². The van der Waals surface area contributed by atoms with Gasteiger partial charge in [0.1, 0.15) is 5.75 Å². The standard InChI is InChI=1S/C11H15NO3/c1-12(9-13)6-7-15-8-10-2-4-11(14)5-3-10/h2-5,9,14H,6-8H2,1H3. The second kappa shape index (κ2) is 6.03. The molecule has 15 heavy (non-hydrogen) atoms. The largest absolute Gasteiger partial charge is 0.508 e. The van der Waals surface area contributed by atoms with Crippen LogP contribution in [0.2, 0.25) is 0 Å². The summed E-state index contributed by atoms with van der Waals surface area (Å²) >= 11 is 0. The molecule has 0 saturated carbocycles. The minimum Gasteiger partial charge on any atom is -0.508 e. The van der Waals surface area contributed by atoms with E-state index in [4.69, 9.17) is 9.84 Å². The van der Waals surface area contributed by atoms with Crippen LogP contribution in [0, 0.1) is 0 Å². The molecule has 4 heteroatoms. The van der Waals surface area contributed by atoms with Gasteiger partial charge in [-0.05, 0) is 17.7 Å². The monoisotopic (exact) mass is 209 g/mol. The van der Waals surface area contributed by atoms with Crippen LogP contribution in [0.15, 0.2) is 24.3 Å². The lowest BCUT2D eigenvalue weighted by atomic mass is 10.2. The van der Waals surface area contributed by atoms with Gasteiger partial charge in [0.2, 0.25) is 6.41 Å². The fourth-order valence-corrected chi connectivity index (χ4v) is 1.04. The number of ether oxygens (including phenoxy) is 1. The Labute approximate surface area is 89.1 Å². The van der Waals surface area contributed by atoms with Crippen molar-refractivity contribution in [2.24, 2.45) is 0 Å². The highest BCUT2D eigenvalue weighted by Crippen LogP contribution is 2.10. The zero-order chi connectivity index (χ0) is 11.1. The summed E-state index contributed by atoms with van der Waals surface area (Å²) in [5.74, 6) is 0.249. The molecule has 1 amide bonds. The highest BCUT2D eigenvalue weighted by atomic mass is 16.5. The number of aromatic hydroxyl groups is 1. The summed E-state index contributed by atoms with van der Waals surface area (Å²) in [7, 11) is 1.71. The van der Waals surface area contributed by atoms with E-state index in [1.807, 2.05) is 0 Å². The first-order chi connectivity index (χ1) is 7.22. The van der Waals surface area contributed by atoms with Crippen LogP contribution in [0.3, 0.4) is 0 Å². The van der Waals surface area contributed by atoms with Crippen LogP contribution in [0.1, 0.15) is 5.56 Å². The number of hydrogen-bond donors (Lipinski definition) is 1. The van der Waals surface area contributed by atoms with E-state index in [1.54, 1.807) is 31.3 Å². The Kier molecular flexibility index (Phi) is 4.63. The van der Waals surface area contributed by atoms with Crippen molar-refractivity contribution in [3.63, 3.8) is 0 Å². The molecule has 1 aromatic carbocycles. The number of rotatable bonds is 6. The summed E-state index contributed by atoms with van der Waals surface area (Å²) in [5.41, 5.74) is 1.00. The van der Waals surface area contributed by atoms with Crippen LogP contribution in [-0.2, 0) is 16.1 Å². The summed E-state index contributed by atoms with van der Waals surface area (Å²) in [6.07, 6.45) is 0.768. The van der Waals surface area contributed by atoms with Crippen LogP contribution >= 0.6 is 0 Å². The first kappa shape index (κ1) is 11.5. The average Bonchev–Trinajstić information content (AvgIpc) is 2.26. The fourth-order valence-electron chi connectivity index (χ4n) is 1.04. The molecule has 0 radical (unpaired) electrons. The first-order valence-electron chi connectivity index (χ1n) is 4.73. The van der Waals surface area contributed by atoms with E-state index in [1.165, 1.54) is 4.90 Å². The Hall–Kier alpha value is -1.55. The number of nitrogens with zero attached hydrogens (tertiary/aromatic N) is 1. The molecule has 0 aliphatic rings. The average molecular weight is 209 g/mol. The summed E-state index contributed by atoms with van der Waals surface area (Å²) in [6, 6.07) is 6.85. The van der Waals surface area contributed by atoms with Gasteiger partial charge in [0.25, 0.3) is 0 Å². The number of phenolic OH excluding ortho intramolecular Hbond substituents is 1. The maximum atomic E-state index is 10.2. The van der Waals surface area contributed by atoms with Crippen molar-refractivity contribution < 1.29 is 14.6 Å². The zero-order valence-electron chi connectivity index (χ0n) is 8.72. The molecular weight excluding hydrogens is 194 g/mol. The summed E-state index contributed by atoms with van der Waals surface area (Å²) in [5, 5.41) is 9.05. The van der Waals surface area contributed by atoms with Gasteiger partial charge in [-0.2, -0.15) is 0 Å². The second-order valence-electron chi connectivity index (χ2n) is 3.31. The molecule has 82 valence electrons. The molecule has 4 nitrogen and oxygen atoms in total. The molecule has 0 atom stereocenters. The number of amides is 1. The van der Waals surface area contributed by atoms with Crippen molar-refractivity contribution in [2.75, 3.05) is 20.2 Å². The van der Waals surface area contributed by atoms with Crippen LogP contribution in [0.5, 0.6) is 5.75 Å². The van der Waals surface area contributed by atoms with E-state index in [2.05, 4.69) is 0 Å². The lowest BCUT2D eigenvalue weighted by Gasteiger charge is -2.10. The molecule has 0 aromatic heterocycles. The van der Waals surface area contributed by atoms with Crippen molar-refractivity contribution in [3.05, 3.63) is 29.8 Å². The fraction of sp³-hybridized carbons (Fsp3) is 0.364. The minimum atomic E-state index is 0.249. The number of benzene rings is 1. The third kappa shape index (κ3) is 4.46. The maximum absolute atomic E-state index is 10.2. The highest BCUT2D eigenvalue weighted by Gasteiger charge is 1.95. The molecule has 1 rings (SSSR count). The van der Waals surface area contributed by atoms with Crippen molar-refractivity contribution in [2.45, 2.75) is 6.61 Å². The molecule has 0 saturated heterocycles. The number of carbonyl (C=O) groups excluding carboxylic acids is 1. The van der Waals surface area contributed by atoms with Crippen LogP contribution in [0.4, 0.5) is 0 Å². The second-order valence-corrected chi connectivity index (χ2v) is 3.31. The van der Waals surface area contributed by atoms with E-state index >= 15 is 0 Å². The summed E-state index contributed by atoms with van der Waals surface area (Å²) in [6.45, 7) is 1.59. The van der Waals surface area contributed by atoms with Gasteiger partial charge in [-0.3, -0.25) is 4.79 Å². The molecule has 0 unspecified atom stereocenters. The molecule has 1 N–H and O–H groups in total. The number of carbonyl (C=O) groups is 1. The van der Waals surface area contributed by atoms with Gasteiger partial charge in [0, 0.05) is 13.6 Å².